The van der Waals surface area contributed by atoms with Gasteiger partial charge in [-0.05, 0) is 31.0 Å². The van der Waals surface area contributed by atoms with Crippen molar-refractivity contribution in [3.63, 3.8) is 0 Å². The Hall–Kier alpha value is -2.56. The Morgan fingerprint density at radius 2 is 1.95 bits per heavy atom. The molecule has 5 nitrogen and oxygen atoms in total. The van der Waals surface area contributed by atoms with Crippen molar-refractivity contribution in [1.82, 2.24) is 4.98 Å². The summed E-state index contributed by atoms with van der Waals surface area (Å²) in [6.07, 6.45) is 0. The van der Waals surface area contributed by atoms with Crippen molar-refractivity contribution >= 4 is 11.6 Å². The lowest BCUT2D eigenvalue weighted by molar-refractivity contribution is 0.102. The summed E-state index contributed by atoms with van der Waals surface area (Å²) in [5.41, 5.74) is 2.22. The summed E-state index contributed by atoms with van der Waals surface area (Å²) in [5, 5.41) is 12.0. The summed E-state index contributed by atoms with van der Waals surface area (Å²) in [4.78, 5) is 25.4. The quantitative estimate of drug-likeness (QED) is 0.770. The predicted octanol–water partition coefficient (Wildman–Crippen LogP) is 1.95. The number of rotatable bonds is 2. The summed E-state index contributed by atoms with van der Waals surface area (Å²) in [7, 11) is 0. The molecular formula is C14H14N2O3. The molecule has 0 spiro atoms. The molecule has 2 aromatic rings. The molecular weight excluding hydrogens is 244 g/mol. The Labute approximate surface area is 109 Å². The molecule has 0 radical (unpaired) electrons. The standard InChI is InChI=1S/C14H14N2O3/c1-8-3-4-9(2)11(5-8)15-14(19)10-6-12(17)16-13(18)7-10/h3-7H,1-2H3,(H,15,19)(H2,16,17,18). The average molecular weight is 258 g/mol. The maximum Gasteiger partial charge on any atom is 0.256 e. The third kappa shape index (κ3) is 3.01. The van der Waals surface area contributed by atoms with Crippen molar-refractivity contribution in [2.75, 3.05) is 5.32 Å². The van der Waals surface area contributed by atoms with Crippen LogP contribution in [0.4, 0.5) is 5.69 Å². The number of H-pyrrole nitrogens is 1. The number of hydrogen-bond donors (Lipinski definition) is 3. The van der Waals surface area contributed by atoms with Gasteiger partial charge in [-0.2, -0.15) is 0 Å². The van der Waals surface area contributed by atoms with Crippen LogP contribution in [0, 0.1) is 13.8 Å². The molecule has 1 heterocycles. The van der Waals surface area contributed by atoms with Crippen LogP contribution in [0.15, 0.2) is 35.1 Å². The second-order valence-electron chi connectivity index (χ2n) is 4.39. The van der Waals surface area contributed by atoms with E-state index < -0.39 is 11.5 Å². The van der Waals surface area contributed by atoms with E-state index in [1.165, 1.54) is 6.07 Å². The second kappa shape index (κ2) is 4.97. The molecule has 3 N–H and O–H groups in total. The van der Waals surface area contributed by atoms with Gasteiger partial charge < -0.3 is 10.4 Å². The number of aromatic hydroxyl groups is 1. The van der Waals surface area contributed by atoms with Gasteiger partial charge in [0.1, 0.15) is 0 Å². The van der Waals surface area contributed by atoms with E-state index >= 15 is 0 Å². The summed E-state index contributed by atoms with van der Waals surface area (Å²) in [6, 6.07) is 8.05. The number of aromatic nitrogens is 1. The van der Waals surface area contributed by atoms with Crippen molar-refractivity contribution in [3.05, 3.63) is 57.4 Å². The summed E-state index contributed by atoms with van der Waals surface area (Å²) in [6.45, 7) is 3.80. The van der Waals surface area contributed by atoms with E-state index in [-0.39, 0.29) is 11.4 Å². The molecule has 0 aliphatic heterocycles. The Morgan fingerprint density at radius 3 is 2.63 bits per heavy atom. The molecule has 0 saturated heterocycles. The van der Waals surface area contributed by atoms with Crippen LogP contribution in [-0.2, 0) is 0 Å². The van der Waals surface area contributed by atoms with E-state index in [1.807, 2.05) is 32.0 Å². The lowest BCUT2D eigenvalue weighted by Gasteiger charge is -2.09. The third-order valence-electron chi connectivity index (χ3n) is 2.73. The molecule has 1 amide bonds. The molecule has 0 unspecified atom stereocenters. The van der Waals surface area contributed by atoms with Crippen molar-refractivity contribution < 1.29 is 9.90 Å². The highest BCUT2D eigenvalue weighted by atomic mass is 16.3. The van der Waals surface area contributed by atoms with Gasteiger partial charge in [0.2, 0.25) is 0 Å². The van der Waals surface area contributed by atoms with Crippen LogP contribution < -0.4 is 10.9 Å². The number of benzene rings is 1. The normalized spacial score (nSPS) is 10.2. The largest absolute Gasteiger partial charge is 0.494 e. The molecule has 0 saturated carbocycles. The maximum atomic E-state index is 12.0. The van der Waals surface area contributed by atoms with Gasteiger partial charge in [0.25, 0.3) is 11.5 Å². The molecule has 0 atom stereocenters. The molecule has 0 aliphatic carbocycles. The summed E-state index contributed by atoms with van der Waals surface area (Å²) < 4.78 is 0. The number of nitrogens with one attached hydrogen (secondary N) is 2. The zero-order valence-corrected chi connectivity index (χ0v) is 10.7. The van der Waals surface area contributed by atoms with Crippen molar-refractivity contribution in [1.29, 1.82) is 0 Å². The number of hydrogen-bond acceptors (Lipinski definition) is 3. The number of carbonyl (C=O) groups excluding carboxylic acids is 1. The predicted molar refractivity (Wildman–Crippen MR) is 72.6 cm³/mol. The van der Waals surface area contributed by atoms with Gasteiger partial charge in [-0.15, -0.1) is 0 Å². The highest BCUT2D eigenvalue weighted by Crippen LogP contribution is 2.17. The van der Waals surface area contributed by atoms with Crippen molar-refractivity contribution in [3.8, 4) is 5.88 Å². The van der Waals surface area contributed by atoms with Crippen molar-refractivity contribution in [2.45, 2.75) is 13.8 Å². The smallest absolute Gasteiger partial charge is 0.256 e. The fraction of sp³-hybridized carbons (Fsp3) is 0.143. The van der Waals surface area contributed by atoms with Crippen molar-refractivity contribution in [2.24, 2.45) is 0 Å². The lowest BCUT2D eigenvalue weighted by atomic mass is 10.1. The van der Waals surface area contributed by atoms with Gasteiger partial charge in [0, 0.05) is 17.8 Å². The number of carbonyl (C=O) groups is 1. The third-order valence-corrected chi connectivity index (χ3v) is 2.73. The molecule has 0 bridgehead atoms. The second-order valence-corrected chi connectivity index (χ2v) is 4.39. The monoisotopic (exact) mass is 258 g/mol. The first-order valence-corrected chi connectivity index (χ1v) is 5.77. The highest BCUT2D eigenvalue weighted by molar-refractivity contribution is 6.04. The fourth-order valence-corrected chi connectivity index (χ4v) is 1.72. The summed E-state index contributed by atoms with van der Waals surface area (Å²) in [5.74, 6) is -0.770. The summed E-state index contributed by atoms with van der Waals surface area (Å²) >= 11 is 0. The number of amides is 1. The first-order valence-electron chi connectivity index (χ1n) is 5.77. The molecule has 1 aromatic carbocycles. The molecule has 0 fully saturated rings. The fourth-order valence-electron chi connectivity index (χ4n) is 1.72. The van der Waals surface area contributed by atoms with E-state index in [0.717, 1.165) is 17.2 Å². The van der Waals surface area contributed by atoms with E-state index in [9.17, 15) is 14.7 Å². The lowest BCUT2D eigenvalue weighted by Crippen LogP contribution is -2.16. The number of aromatic amines is 1. The van der Waals surface area contributed by atoms with E-state index in [1.54, 1.807) is 0 Å². The minimum absolute atomic E-state index is 0.113. The first-order chi connectivity index (χ1) is 8.95. The molecule has 19 heavy (non-hydrogen) atoms. The van der Waals surface area contributed by atoms with E-state index in [4.69, 9.17) is 0 Å². The van der Waals surface area contributed by atoms with Gasteiger partial charge in [-0.1, -0.05) is 12.1 Å². The van der Waals surface area contributed by atoms with Crippen LogP contribution in [0.5, 0.6) is 5.88 Å². The minimum Gasteiger partial charge on any atom is -0.494 e. The van der Waals surface area contributed by atoms with Gasteiger partial charge in [-0.3, -0.25) is 14.6 Å². The minimum atomic E-state index is -0.522. The van der Waals surface area contributed by atoms with Gasteiger partial charge in [0.15, 0.2) is 5.88 Å². The van der Waals surface area contributed by atoms with Crippen LogP contribution in [0.1, 0.15) is 21.5 Å². The maximum absolute atomic E-state index is 12.0. The molecule has 0 aliphatic rings. The molecule has 2 rings (SSSR count). The van der Waals surface area contributed by atoms with Gasteiger partial charge in [0.05, 0.1) is 5.56 Å². The zero-order valence-electron chi connectivity index (χ0n) is 10.7. The van der Waals surface area contributed by atoms with Gasteiger partial charge >= 0.3 is 0 Å². The Kier molecular flexibility index (Phi) is 3.37. The van der Waals surface area contributed by atoms with Crippen LogP contribution >= 0.6 is 0 Å². The Balaban J connectivity index is 2.30. The van der Waals surface area contributed by atoms with Crippen LogP contribution in [0.3, 0.4) is 0 Å². The molecule has 98 valence electrons. The highest BCUT2D eigenvalue weighted by Gasteiger charge is 2.10. The van der Waals surface area contributed by atoms with Gasteiger partial charge in [-0.25, -0.2) is 0 Å². The van der Waals surface area contributed by atoms with Crippen LogP contribution in [0.25, 0.3) is 0 Å². The van der Waals surface area contributed by atoms with Crippen LogP contribution in [-0.4, -0.2) is 16.0 Å². The number of pyridine rings is 1. The number of aryl methyl sites for hydroxylation is 2. The first kappa shape index (κ1) is 12.9. The Bertz CT molecular complexity index is 689. The van der Waals surface area contributed by atoms with E-state index in [0.29, 0.717) is 5.69 Å². The molecule has 5 heteroatoms. The van der Waals surface area contributed by atoms with E-state index in [2.05, 4.69) is 10.3 Å². The number of anilines is 1. The SMILES string of the molecule is Cc1ccc(C)c(NC(=O)c2cc(O)[nH]c(=O)c2)c1. The average Bonchev–Trinajstić information content (AvgIpc) is 2.32. The topological polar surface area (TPSA) is 82.2 Å². The zero-order chi connectivity index (χ0) is 14.0. The Morgan fingerprint density at radius 1 is 1.21 bits per heavy atom. The van der Waals surface area contributed by atoms with Crippen LogP contribution in [0.2, 0.25) is 0 Å². The molecule has 1 aromatic heterocycles.